The lowest BCUT2D eigenvalue weighted by Gasteiger charge is -2.09. The first-order valence-corrected chi connectivity index (χ1v) is 6.20. The fourth-order valence-electron chi connectivity index (χ4n) is 1.69. The van der Waals surface area contributed by atoms with Crippen LogP contribution in [0.15, 0.2) is 52.7 Å². The van der Waals surface area contributed by atoms with Crippen molar-refractivity contribution in [2.24, 2.45) is 10.2 Å². The first kappa shape index (κ1) is 13.1. The number of rotatable bonds is 4. The van der Waals surface area contributed by atoms with Crippen LogP contribution in [0.1, 0.15) is 12.5 Å². The van der Waals surface area contributed by atoms with Crippen LogP contribution in [0, 0.1) is 6.92 Å². The molecule has 0 bridgehead atoms. The molecule has 0 aromatic heterocycles. The van der Waals surface area contributed by atoms with Gasteiger partial charge in [0, 0.05) is 6.07 Å². The maximum atomic E-state index is 5.89. The molecule has 2 aromatic rings. The molecule has 2 aromatic carbocycles. The highest BCUT2D eigenvalue weighted by Crippen LogP contribution is 2.31. The summed E-state index contributed by atoms with van der Waals surface area (Å²) >= 11 is 0. The van der Waals surface area contributed by atoms with Gasteiger partial charge in [-0.3, -0.25) is 0 Å². The lowest BCUT2D eigenvalue weighted by Crippen LogP contribution is -1.97. The van der Waals surface area contributed by atoms with E-state index in [0.29, 0.717) is 18.0 Å². The Labute approximate surface area is 112 Å². The highest BCUT2D eigenvalue weighted by atomic mass is 16.5. The molecule has 0 heterocycles. The monoisotopic (exact) mass is 255 g/mol. The normalized spacial score (nSPS) is 10.8. The van der Waals surface area contributed by atoms with Gasteiger partial charge in [-0.1, -0.05) is 18.2 Å². The third kappa shape index (κ3) is 3.31. The van der Waals surface area contributed by atoms with E-state index in [4.69, 9.17) is 10.5 Å². The third-order valence-corrected chi connectivity index (χ3v) is 2.66. The Morgan fingerprint density at radius 3 is 2.53 bits per heavy atom. The second-order valence-corrected chi connectivity index (χ2v) is 4.15. The summed E-state index contributed by atoms with van der Waals surface area (Å²) in [5.74, 6) is 0.648. The van der Waals surface area contributed by atoms with Gasteiger partial charge in [0.25, 0.3) is 0 Å². The lowest BCUT2D eigenvalue weighted by molar-refractivity contribution is 0.342. The van der Waals surface area contributed by atoms with Gasteiger partial charge in [-0.2, -0.15) is 10.2 Å². The fraction of sp³-hybridized carbons (Fsp3) is 0.200. The predicted octanol–water partition coefficient (Wildman–Crippen LogP) is 4.39. The van der Waals surface area contributed by atoms with Crippen molar-refractivity contribution >= 4 is 17.1 Å². The molecule has 2 N–H and O–H groups in total. The van der Waals surface area contributed by atoms with E-state index in [9.17, 15) is 0 Å². The van der Waals surface area contributed by atoms with Crippen molar-refractivity contribution in [1.82, 2.24) is 0 Å². The van der Waals surface area contributed by atoms with Crippen molar-refractivity contribution in [3.63, 3.8) is 0 Å². The molecule has 0 unspecified atom stereocenters. The summed E-state index contributed by atoms with van der Waals surface area (Å²) < 4.78 is 5.46. The van der Waals surface area contributed by atoms with Crippen molar-refractivity contribution in [3.8, 4) is 5.75 Å². The quantitative estimate of drug-likeness (QED) is 0.650. The van der Waals surface area contributed by atoms with Crippen LogP contribution >= 0.6 is 0 Å². The van der Waals surface area contributed by atoms with Gasteiger partial charge in [0.05, 0.1) is 23.7 Å². The van der Waals surface area contributed by atoms with Crippen LogP contribution in [0.2, 0.25) is 0 Å². The van der Waals surface area contributed by atoms with E-state index in [1.54, 1.807) is 0 Å². The molecule has 0 saturated carbocycles. The molecule has 98 valence electrons. The van der Waals surface area contributed by atoms with Crippen molar-refractivity contribution in [1.29, 1.82) is 0 Å². The highest BCUT2D eigenvalue weighted by Gasteiger charge is 2.05. The van der Waals surface area contributed by atoms with Crippen LogP contribution in [0.25, 0.3) is 0 Å². The van der Waals surface area contributed by atoms with Gasteiger partial charge in [0.1, 0.15) is 5.75 Å². The van der Waals surface area contributed by atoms with Crippen molar-refractivity contribution < 1.29 is 4.74 Å². The maximum absolute atomic E-state index is 5.89. The zero-order valence-corrected chi connectivity index (χ0v) is 11.1. The molecule has 0 atom stereocenters. The molecular weight excluding hydrogens is 238 g/mol. The van der Waals surface area contributed by atoms with Crippen LogP contribution in [0.3, 0.4) is 0 Å². The second-order valence-electron chi connectivity index (χ2n) is 4.15. The van der Waals surface area contributed by atoms with Crippen LogP contribution in [-0.2, 0) is 0 Å². The van der Waals surface area contributed by atoms with E-state index in [1.807, 2.05) is 56.3 Å². The summed E-state index contributed by atoms with van der Waals surface area (Å²) in [6.07, 6.45) is 0. The Balaban J connectivity index is 2.29. The SMILES string of the molecule is CCOc1cc(N=Nc2ccccc2)c(C)cc1N. The highest BCUT2D eigenvalue weighted by molar-refractivity contribution is 5.63. The zero-order chi connectivity index (χ0) is 13.7. The Morgan fingerprint density at radius 2 is 1.84 bits per heavy atom. The summed E-state index contributed by atoms with van der Waals surface area (Å²) in [4.78, 5) is 0. The molecule has 19 heavy (non-hydrogen) atoms. The molecule has 0 amide bonds. The van der Waals surface area contributed by atoms with Crippen molar-refractivity contribution in [2.45, 2.75) is 13.8 Å². The Kier molecular flexibility index (Phi) is 4.13. The van der Waals surface area contributed by atoms with Gasteiger partial charge < -0.3 is 10.5 Å². The number of benzene rings is 2. The van der Waals surface area contributed by atoms with Crippen LogP contribution in [-0.4, -0.2) is 6.61 Å². The molecule has 4 heteroatoms. The van der Waals surface area contributed by atoms with Crippen molar-refractivity contribution in [2.75, 3.05) is 12.3 Å². The maximum Gasteiger partial charge on any atom is 0.144 e. The smallest absolute Gasteiger partial charge is 0.144 e. The van der Waals surface area contributed by atoms with Gasteiger partial charge in [-0.05, 0) is 37.6 Å². The summed E-state index contributed by atoms with van der Waals surface area (Å²) in [5.41, 5.74) is 9.06. The van der Waals surface area contributed by atoms with E-state index in [0.717, 1.165) is 16.9 Å². The van der Waals surface area contributed by atoms with Gasteiger partial charge in [-0.15, -0.1) is 0 Å². The number of hydrogen-bond acceptors (Lipinski definition) is 4. The minimum Gasteiger partial charge on any atom is -0.492 e. The van der Waals surface area contributed by atoms with E-state index < -0.39 is 0 Å². The van der Waals surface area contributed by atoms with Gasteiger partial charge in [0.2, 0.25) is 0 Å². The van der Waals surface area contributed by atoms with Crippen LogP contribution < -0.4 is 10.5 Å². The number of nitrogens with zero attached hydrogens (tertiary/aromatic N) is 2. The number of azo groups is 1. The summed E-state index contributed by atoms with van der Waals surface area (Å²) in [6, 6.07) is 13.3. The van der Waals surface area contributed by atoms with Gasteiger partial charge >= 0.3 is 0 Å². The van der Waals surface area contributed by atoms with Crippen molar-refractivity contribution in [3.05, 3.63) is 48.0 Å². The van der Waals surface area contributed by atoms with E-state index in [-0.39, 0.29) is 0 Å². The molecule has 0 aliphatic carbocycles. The van der Waals surface area contributed by atoms with E-state index in [2.05, 4.69) is 10.2 Å². The minimum atomic E-state index is 0.572. The van der Waals surface area contributed by atoms with Gasteiger partial charge in [0.15, 0.2) is 0 Å². The first-order chi connectivity index (χ1) is 9.20. The summed E-state index contributed by atoms with van der Waals surface area (Å²) in [5, 5.41) is 8.45. The fourth-order valence-corrected chi connectivity index (χ4v) is 1.69. The van der Waals surface area contributed by atoms with E-state index in [1.165, 1.54) is 0 Å². The standard InChI is InChI=1S/C15H17N3O/c1-3-19-15-10-14(11(2)9-13(15)16)18-17-12-7-5-4-6-8-12/h4-10H,3,16H2,1-2H3. The Hall–Kier alpha value is -2.36. The molecule has 0 aliphatic rings. The molecular formula is C15H17N3O. The number of aryl methyl sites for hydroxylation is 1. The Morgan fingerprint density at radius 1 is 1.11 bits per heavy atom. The predicted molar refractivity (Wildman–Crippen MR) is 77.4 cm³/mol. The number of anilines is 1. The molecule has 0 saturated heterocycles. The number of hydrogen-bond donors (Lipinski definition) is 1. The largest absolute Gasteiger partial charge is 0.492 e. The molecule has 4 nitrogen and oxygen atoms in total. The average Bonchev–Trinajstić information content (AvgIpc) is 2.42. The summed E-state index contributed by atoms with van der Waals surface area (Å²) in [7, 11) is 0. The lowest BCUT2D eigenvalue weighted by atomic mass is 10.1. The molecule has 0 radical (unpaired) electrons. The Bertz CT molecular complexity index is 579. The van der Waals surface area contributed by atoms with E-state index >= 15 is 0 Å². The molecule has 0 fully saturated rings. The summed E-state index contributed by atoms with van der Waals surface area (Å²) in [6.45, 7) is 4.44. The number of nitrogen functional groups attached to an aromatic ring is 1. The molecule has 0 aliphatic heterocycles. The minimum absolute atomic E-state index is 0.572. The first-order valence-electron chi connectivity index (χ1n) is 6.20. The topological polar surface area (TPSA) is 60.0 Å². The second kappa shape index (κ2) is 6.00. The molecule has 0 spiro atoms. The number of ether oxygens (including phenoxy) is 1. The average molecular weight is 255 g/mol. The van der Waals surface area contributed by atoms with Crippen LogP contribution in [0.4, 0.5) is 17.1 Å². The zero-order valence-electron chi connectivity index (χ0n) is 11.1. The third-order valence-electron chi connectivity index (χ3n) is 2.66. The molecule has 2 rings (SSSR count). The number of nitrogens with two attached hydrogens (primary N) is 1. The van der Waals surface area contributed by atoms with Crippen LogP contribution in [0.5, 0.6) is 5.75 Å². The van der Waals surface area contributed by atoms with Gasteiger partial charge in [-0.25, -0.2) is 0 Å².